The van der Waals surface area contributed by atoms with Gasteiger partial charge in [0, 0.05) is 21.4 Å². The van der Waals surface area contributed by atoms with E-state index in [4.69, 9.17) is 23.2 Å². The third-order valence-corrected chi connectivity index (χ3v) is 5.49. The van der Waals surface area contributed by atoms with Crippen molar-refractivity contribution in [1.82, 2.24) is 0 Å². The zero-order chi connectivity index (χ0) is 20.1. The highest BCUT2D eigenvalue weighted by atomic mass is 35.5. The van der Waals surface area contributed by atoms with Crippen molar-refractivity contribution in [3.8, 4) is 0 Å². The van der Waals surface area contributed by atoms with Gasteiger partial charge < -0.3 is 10.6 Å². The lowest BCUT2D eigenvalue weighted by molar-refractivity contribution is 0.262. The lowest BCUT2D eigenvalue weighted by Gasteiger charge is -2.10. The number of rotatable bonds is 5. The molecule has 0 aromatic heterocycles. The minimum atomic E-state index is -3.78. The van der Waals surface area contributed by atoms with Crippen molar-refractivity contribution in [2.45, 2.75) is 4.90 Å². The lowest BCUT2D eigenvalue weighted by Crippen LogP contribution is -2.19. The number of hydrogen-bond donors (Lipinski definition) is 3. The first-order valence-corrected chi connectivity index (χ1v) is 10.3. The molecule has 0 saturated carbocycles. The summed E-state index contributed by atoms with van der Waals surface area (Å²) in [7, 11) is -3.78. The molecule has 0 heterocycles. The number of halogens is 2. The molecule has 0 unspecified atom stereocenters. The SMILES string of the molecule is O=C(Nc1ccc(Cl)cc1)Nc1ccc(S(=O)(=O)Nc2cccc(Cl)c2)cc1. The molecule has 0 aliphatic rings. The van der Waals surface area contributed by atoms with Crippen LogP contribution >= 0.6 is 23.2 Å². The standard InChI is InChI=1S/C19H15Cl2N3O3S/c20-13-4-6-15(7-5-13)22-19(25)23-16-8-10-18(11-9-16)28(26,27)24-17-3-1-2-14(21)12-17/h1-12,24H,(H2,22,23,25). The van der Waals surface area contributed by atoms with E-state index in [1.165, 1.54) is 30.3 Å². The first-order valence-electron chi connectivity index (χ1n) is 8.04. The van der Waals surface area contributed by atoms with E-state index in [9.17, 15) is 13.2 Å². The van der Waals surface area contributed by atoms with Gasteiger partial charge in [0.1, 0.15) is 0 Å². The Labute approximate surface area is 172 Å². The molecule has 0 bridgehead atoms. The van der Waals surface area contributed by atoms with Crippen LogP contribution in [-0.4, -0.2) is 14.4 Å². The molecule has 0 saturated heterocycles. The minimum Gasteiger partial charge on any atom is -0.308 e. The fourth-order valence-corrected chi connectivity index (χ4v) is 3.68. The molecule has 28 heavy (non-hydrogen) atoms. The molecule has 0 spiro atoms. The van der Waals surface area contributed by atoms with Gasteiger partial charge in [-0.2, -0.15) is 0 Å². The number of carbonyl (C=O) groups is 1. The third kappa shape index (κ3) is 5.39. The predicted octanol–water partition coefficient (Wildman–Crippen LogP) is 5.44. The number of sulfonamides is 1. The Kier molecular flexibility index (Phi) is 6.08. The summed E-state index contributed by atoms with van der Waals surface area (Å²) in [6.07, 6.45) is 0. The number of nitrogens with one attached hydrogen (secondary N) is 3. The number of urea groups is 1. The number of benzene rings is 3. The molecular weight excluding hydrogens is 421 g/mol. The van der Waals surface area contributed by atoms with Gasteiger partial charge in [-0.3, -0.25) is 4.72 Å². The van der Waals surface area contributed by atoms with E-state index in [0.717, 1.165) is 0 Å². The van der Waals surface area contributed by atoms with E-state index in [1.54, 1.807) is 42.5 Å². The molecule has 3 N–H and O–H groups in total. The van der Waals surface area contributed by atoms with Crippen LogP contribution in [-0.2, 0) is 10.0 Å². The van der Waals surface area contributed by atoms with Crippen molar-refractivity contribution in [1.29, 1.82) is 0 Å². The van der Waals surface area contributed by atoms with Crippen molar-refractivity contribution in [2.75, 3.05) is 15.4 Å². The van der Waals surface area contributed by atoms with Gasteiger partial charge in [-0.05, 0) is 66.7 Å². The summed E-state index contributed by atoms with van der Waals surface area (Å²) in [5, 5.41) is 6.26. The molecule has 2 amide bonds. The summed E-state index contributed by atoms with van der Waals surface area (Å²) in [5.41, 5.74) is 1.37. The van der Waals surface area contributed by atoms with Gasteiger partial charge >= 0.3 is 6.03 Å². The van der Waals surface area contributed by atoms with Crippen LogP contribution in [0.4, 0.5) is 21.9 Å². The topological polar surface area (TPSA) is 87.3 Å². The summed E-state index contributed by atoms with van der Waals surface area (Å²) in [6, 6.07) is 18.4. The number of anilines is 3. The molecule has 0 atom stereocenters. The summed E-state index contributed by atoms with van der Waals surface area (Å²) in [4.78, 5) is 12.1. The van der Waals surface area contributed by atoms with Crippen LogP contribution in [0.3, 0.4) is 0 Å². The van der Waals surface area contributed by atoms with Crippen molar-refractivity contribution >= 4 is 56.3 Å². The average molecular weight is 436 g/mol. The van der Waals surface area contributed by atoms with E-state index in [2.05, 4.69) is 15.4 Å². The van der Waals surface area contributed by atoms with Crippen LogP contribution in [0.1, 0.15) is 0 Å². The van der Waals surface area contributed by atoms with Crippen molar-refractivity contribution in [2.24, 2.45) is 0 Å². The molecule has 0 fully saturated rings. The van der Waals surface area contributed by atoms with E-state index >= 15 is 0 Å². The molecule has 0 aliphatic heterocycles. The van der Waals surface area contributed by atoms with Crippen LogP contribution in [0.15, 0.2) is 77.7 Å². The van der Waals surface area contributed by atoms with Gasteiger partial charge in [-0.1, -0.05) is 29.3 Å². The summed E-state index contributed by atoms with van der Waals surface area (Å²) in [6.45, 7) is 0. The molecule has 0 aliphatic carbocycles. The normalized spacial score (nSPS) is 10.9. The average Bonchev–Trinajstić information content (AvgIpc) is 2.64. The largest absolute Gasteiger partial charge is 0.323 e. The van der Waals surface area contributed by atoms with Gasteiger partial charge in [0.2, 0.25) is 0 Å². The quantitative estimate of drug-likeness (QED) is 0.498. The van der Waals surface area contributed by atoms with Crippen molar-refractivity contribution in [3.05, 3.63) is 82.8 Å². The summed E-state index contributed by atoms with van der Waals surface area (Å²) in [5.74, 6) is 0. The predicted molar refractivity (Wildman–Crippen MR) is 113 cm³/mol. The Bertz CT molecular complexity index is 1090. The van der Waals surface area contributed by atoms with Crippen LogP contribution in [0.25, 0.3) is 0 Å². The Balaban J connectivity index is 1.65. The fraction of sp³-hybridized carbons (Fsp3) is 0. The maximum atomic E-state index is 12.5. The Morgan fingerprint density at radius 2 is 1.29 bits per heavy atom. The first-order chi connectivity index (χ1) is 13.3. The second-order valence-electron chi connectivity index (χ2n) is 5.73. The highest BCUT2D eigenvalue weighted by Crippen LogP contribution is 2.21. The Morgan fingerprint density at radius 1 is 0.714 bits per heavy atom. The maximum Gasteiger partial charge on any atom is 0.323 e. The number of amides is 2. The van der Waals surface area contributed by atoms with Crippen LogP contribution < -0.4 is 15.4 Å². The summed E-state index contributed by atoms with van der Waals surface area (Å²) >= 11 is 11.7. The highest BCUT2D eigenvalue weighted by Gasteiger charge is 2.14. The Morgan fingerprint density at radius 3 is 1.86 bits per heavy atom. The highest BCUT2D eigenvalue weighted by molar-refractivity contribution is 7.92. The third-order valence-electron chi connectivity index (χ3n) is 3.60. The monoisotopic (exact) mass is 435 g/mol. The van der Waals surface area contributed by atoms with Crippen LogP contribution in [0.2, 0.25) is 10.0 Å². The molecule has 9 heteroatoms. The fourth-order valence-electron chi connectivity index (χ4n) is 2.31. The zero-order valence-corrected chi connectivity index (χ0v) is 16.6. The second kappa shape index (κ2) is 8.52. The zero-order valence-electron chi connectivity index (χ0n) is 14.3. The minimum absolute atomic E-state index is 0.0520. The smallest absolute Gasteiger partial charge is 0.308 e. The number of hydrogen-bond acceptors (Lipinski definition) is 3. The summed E-state index contributed by atoms with van der Waals surface area (Å²) < 4.78 is 27.4. The van der Waals surface area contributed by atoms with Crippen molar-refractivity contribution < 1.29 is 13.2 Å². The maximum absolute atomic E-state index is 12.5. The van der Waals surface area contributed by atoms with Gasteiger partial charge in [-0.25, -0.2) is 13.2 Å². The molecular formula is C19H15Cl2N3O3S. The van der Waals surface area contributed by atoms with Gasteiger partial charge in [0.15, 0.2) is 0 Å². The number of carbonyl (C=O) groups excluding carboxylic acids is 1. The molecule has 6 nitrogen and oxygen atoms in total. The molecule has 3 aromatic carbocycles. The van der Waals surface area contributed by atoms with Crippen LogP contribution in [0, 0.1) is 0 Å². The van der Waals surface area contributed by atoms with Crippen LogP contribution in [0.5, 0.6) is 0 Å². The van der Waals surface area contributed by atoms with Gasteiger partial charge in [0.25, 0.3) is 10.0 Å². The lowest BCUT2D eigenvalue weighted by atomic mass is 10.3. The van der Waals surface area contributed by atoms with E-state index in [0.29, 0.717) is 27.1 Å². The second-order valence-corrected chi connectivity index (χ2v) is 8.28. The van der Waals surface area contributed by atoms with E-state index in [-0.39, 0.29) is 4.90 Å². The molecule has 0 radical (unpaired) electrons. The first kappa shape index (κ1) is 20.0. The van der Waals surface area contributed by atoms with E-state index < -0.39 is 16.1 Å². The van der Waals surface area contributed by atoms with Gasteiger partial charge in [0.05, 0.1) is 10.6 Å². The van der Waals surface area contributed by atoms with E-state index in [1.807, 2.05) is 0 Å². The molecule has 3 rings (SSSR count). The molecule has 3 aromatic rings. The van der Waals surface area contributed by atoms with Gasteiger partial charge in [-0.15, -0.1) is 0 Å². The Hall–Kier alpha value is -2.74. The molecule has 144 valence electrons. The van der Waals surface area contributed by atoms with Crippen molar-refractivity contribution in [3.63, 3.8) is 0 Å².